The number of aromatic nitrogens is 1. The second kappa shape index (κ2) is 10.2. The Morgan fingerprint density at radius 3 is 2.40 bits per heavy atom. The number of fused-ring (bicyclic) bond motifs is 1. The minimum Gasteiger partial charge on any atom is -0.478 e. The molecule has 178 valence electrons. The molecule has 3 aromatic carbocycles. The molecule has 0 bridgehead atoms. The van der Waals surface area contributed by atoms with E-state index in [4.69, 9.17) is 10.5 Å². The summed E-state index contributed by atoms with van der Waals surface area (Å²) in [7, 11) is 0. The summed E-state index contributed by atoms with van der Waals surface area (Å²) in [5.74, 6) is -1.88. The Morgan fingerprint density at radius 2 is 1.74 bits per heavy atom. The summed E-state index contributed by atoms with van der Waals surface area (Å²) in [6.45, 7) is 2.01. The predicted octanol–water partition coefficient (Wildman–Crippen LogP) is 4.01. The second-order valence-corrected chi connectivity index (χ2v) is 8.00. The van der Waals surface area contributed by atoms with Crippen LogP contribution in [0.5, 0.6) is 0 Å². The monoisotopic (exact) mass is 471 g/mol. The molecule has 8 nitrogen and oxygen atoms in total. The minimum atomic E-state index is -1.10. The lowest BCUT2D eigenvalue weighted by atomic mass is 10.1. The number of anilines is 1. The standard InChI is InChI=1S/C27H25N3O5/c1-2-35-27(34)18-8-11-20(12-9-18)30-16-22(26(32)33)21-15-19(10-13-24(21)30)29-25(31)23(28)14-17-6-4-3-5-7-17/h3-13,15-16,23H,2,14,28H2,1H3,(H,29,31)(H,32,33)/t23-/m1/s1. The lowest BCUT2D eigenvalue weighted by molar-refractivity contribution is -0.117. The number of carbonyl (C=O) groups is 3. The van der Waals surface area contributed by atoms with Crippen LogP contribution in [0, 0.1) is 0 Å². The smallest absolute Gasteiger partial charge is 0.338 e. The topological polar surface area (TPSA) is 124 Å². The molecule has 1 atom stereocenters. The molecule has 1 amide bonds. The highest BCUT2D eigenvalue weighted by atomic mass is 16.5. The van der Waals surface area contributed by atoms with Gasteiger partial charge in [0, 0.05) is 23.0 Å². The van der Waals surface area contributed by atoms with Crippen LogP contribution in [0.1, 0.15) is 33.2 Å². The number of hydrogen-bond donors (Lipinski definition) is 3. The van der Waals surface area contributed by atoms with Gasteiger partial charge in [0.15, 0.2) is 0 Å². The van der Waals surface area contributed by atoms with Crippen molar-refractivity contribution in [3.05, 3.63) is 95.7 Å². The Hall–Kier alpha value is -4.43. The van der Waals surface area contributed by atoms with Gasteiger partial charge in [0.25, 0.3) is 0 Å². The molecule has 0 aliphatic rings. The molecule has 0 saturated carbocycles. The molecule has 8 heteroatoms. The predicted molar refractivity (Wildman–Crippen MR) is 133 cm³/mol. The van der Waals surface area contributed by atoms with E-state index < -0.39 is 18.0 Å². The van der Waals surface area contributed by atoms with Gasteiger partial charge in [-0.05, 0) is 61.4 Å². The average molecular weight is 472 g/mol. The van der Waals surface area contributed by atoms with Crippen molar-refractivity contribution in [1.29, 1.82) is 0 Å². The van der Waals surface area contributed by atoms with Crippen molar-refractivity contribution in [1.82, 2.24) is 4.57 Å². The van der Waals surface area contributed by atoms with Crippen LogP contribution in [0.3, 0.4) is 0 Å². The first-order valence-corrected chi connectivity index (χ1v) is 11.1. The summed E-state index contributed by atoms with van der Waals surface area (Å²) in [5, 5.41) is 13.0. The summed E-state index contributed by atoms with van der Waals surface area (Å²) in [4.78, 5) is 36.5. The van der Waals surface area contributed by atoms with Crippen LogP contribution < -0.4 is 11.1 Å². The highest BCUT2D eigenvalue weighted by Gasteiger charge is 2.18. The molecule has 4 N–H and O–H groups in total. The van der Waals surface area contributed by atoms with Crippen molar-refractivity contribution in [3.8, 4) is 5.69 Å². The van der Waals surface area contributed by atoms with Gasteiger partial charge in [-0.2, -0.15) is 0 Å². The molecule has 0 fully saturated rings. The maximum atomic E-state index is 12.6. The van der Waals surface area contributed by atoms with Gasteiger partial charge in [-0.1, -0.05) is 30.3 Å². The van der Waals surface area contributed by atoms with Gasteiger partial charge < -0.3 is 25.5 Å². The molecule has 1 aromatic heterocycles. The molecule has 0 aliphatic carbocycles. The first-order chi connectivity index (χ1) is 16.9. The Kier molecular flexibility index (Phi) is 6.93. The van der Waals surface area contributed by atoms with Gasteiger partial charge in [0.2, 0.25) is 5.91 Å². The third-order valence-electron chi connectivity index (χ3n) is 5.59. The number of nitrogens with zero attached hydrogens (tertiary/aromatic N) is 1. The highest BCUT2D eigenvalue weighted by Crippen LogP contribution is 2.28. The van der Waals surface area contributed by atoms with E-state index in [1.54, 1.807) is 54.0 Å². The molecular weight excluding hydrogens is 446 g/mol. The van der Waals surface area contributed by atoms with E-state index in [1.807, 2.05) is 30.3 Å². The van der Waals surface area contributed by atoms with Crippen LogP contribution >= 0.6 is 0 Å². The Bertz CT molecular complexity index is 1380. The minimum absolute atomic E-state index is 0.0825. The van der Waals surface area contributed by atoms with E-state index >= 15 is 0 Å². The molecule has 0 aliphatic heterocycles. The number of carbonyl (C=O) groups excluding carboxylic acids is 2. The number of hydrogen-bond acceptors (Lipinski definition) is 5. The second-order valence-electron chi connectivity index (χ2n) is 8.00. The number of amides is 1. The largest absolute Gasteiger partial charge is 0.478 e. The van der Waals surface area contributed by atoms with Crippen LogP contribution in [0.4, 0.5) is 5.69 Å². The number of esters is 1. The van der Waals surface area contributed by atoms with E-state index in [-0.39, 0.29) is 18.1 Å². The summed E-state index contributed by atoms with van der Waals surface area (Å²) in [6, 6.07) is 20.5. The Morgan fingerprint density at radius 1 is 1.03 bits per heavy atom. The SMILES string of the molecule is CCOC(=O)c1ccc(-n2cc(C(=O)O)c3cc(NC(=O)[C@H](N)Cc4ccccc4)ccc32)cc1. The molecule has 0 radical (unpaired) electrons. The van der Waals surface area contributed by atoms with Crippen molar-refractivity contribution in [2.45, 2.75) is 19.4 Å². The number of nitrogens with two attached hydrogens (primary N) is 1. The quantitative estimate of drug-likeness (QED) is 0.334. The number of ether oxygens (including phenoxy) is 1. The van der Waals surface area contributed by atoms with Crippen LogP contribution in [-0.2, 0) is 16.0 Å². The van der Waals surface area contributed by atoms with E-state index in [0.717, 1.165) is 5.56 Å². The van der Waals surface area contributed by atoms with E-state index in [1.165, 1.54) is 6.20 Å². The number of carboxylic acids is 1. The van der Waals surface area contributed by atoms with E-state index in [2.05, 4.69) is 5.32 Å². The molecule has 35 heavy (non-hydrogen) atoms. The van der Waals surface area contributed by atoms with Crippen molar-refractivity contribution in [3.63, 3.8) is 0 Å². The number of nitrogens with one attached hydrogen (secondary N) is 1. The number of carboxylic acid groups (broad SMARTS) is 1. The van der Waals surface area contributed by atoms with Crippen molar-refractivity contribution < 1.29 is 24.2 Å². The zero-order valence-electron chi connectivity index (χ0n) is 19.1. The van der Waals surface area contributed by atoms with Gasteiger partial charge in [-0.15, -0.1) is 0 Å². The zero-order valence-corrected chi connectivity index (χ0v) is 19.1. The van der Waals surface area contributed by atoms with Crippen molar-refractivity contribution in [2.75, 3.05) is 11.9 Å². The van der Waals surface area contributed by atoms with Crippen LogP contribution in [0.25, 0.3) is 16.6 Å². The molecule has 0 saturated heterocycles. The lowest BCUT2D eigenvalue weighted by Crippen LogP contribution is -2.37. The molecule has 0 spiro atoms. The first-order valence-electron chi connectivity index (χ1n) is 11.1. The Balaban J connectivity index is 1.60. The molecular formula is C27H25N3O5. The van der Waals surface area contributed by atoms with Gasteiger partial charge in [-0.3, -0.25) is 4.79 Å². The van der Waals surface area contributed by atoms with Gasteiger partial charge in [0.05, 0.1) is 29.3 Å². The molecule has 4 rings (SSSR count). The molecule has 4 aromatic rings. The number of aromatic carboxylic acids is 1. The first kappa shape index (κ1) is 23.7. The fraction of sp³-hybridized carbons (Fsp3) is 0.148. The summed E-state index contributed by atoms with van der Waals surface area (Å²) in [5.41, 5.74) is 9.28. The van der Waals surface area contributed by atoms with E-state index in [0.29, 0.717) is 34.3 Å². The van der Waals surface area contributed by atoms with Crippen LogP contribution in [-0.4, -0.2) is 40.2 Å². The molecule has 1 heterocycles. The number of rotatable bonds is 8. The summed E-state index contributed by atoms with van der Waals surface area (Å²) < 4.78 is 6.73. The number of benzene rings is 3. The third-order valence-corrected chi connectivity index (χ3v) is 5.59. The maximum Gasteiger partial charge on any atom is 0.338 e. The van der Waals surface area contributed by atoms with Crippen molar-refractivity contribution >= 4 is 34.4 Å². The zero-order chi connectivity index (χ0) is 24.9. The van der Waals surface area contributed by atoms with Crippen LogP contribution in [0.15, 0.2) is 79.0 Å². The van der Waals surface area contributed by atoms with Crippen molar-refractivity contribution in [2.24, 2.45) is 5.73 Å². The third kappa shape index (κ3) is 5.23. The Labute approximate surface area is 201 Å². The summed E-state index contributed by atoms with van der Waals surface area (Å²) >= 11 is 0. The lowest BCUT2D eigenvalue weighted by Gasteiger charge is -2.13. The highest BCUT2D eigenvalue weighted by molar-refractivity contribution is 6.06. The van der Waals surface area contributed by atoms with Gasteiger partial charge in [-0.25, -0.2) is 9.59 Å². The normalized spacial score (nSPS) is 11.7. The van der Waals surface area contributed by atoms with Crippen LogP contribution in [0.2, 0.25) is 0 Å². The van der Waals surface area contributed by atoms with E-state index in [9.17, 15) is 19.5 Å². The fourth-order valence-electron chi connectivity index (χ4n) is 3.86. The fourth-order valence-corrected chi connectivity index (χ4v) is 3.86. The average Bonchev–Trinajstić information content (AvgIpc) is 3.24. The van der Waals surface area contributed by atoms with Gasteiger partial charge >= 0.3 is 11.9 Å². The molecule has 0 unspecified atom stereocenters. The maximum absolute atomic E-state index is 12.6. The summed E-state index contributed by atoms with van der Waals surface area (Å²) in [6.07, 6.45) is 1.90. The van der Waals surface area contributed by atoms with Gasteiger partial charge in [0.1, 0.15) is 0 Å².